The largest absolute Gasteiger partial charge is 0.385 e. The van der Waals surface area contributed by atoms with Crippen molar-refractivity contribution in [1.29, 1.82) is 0 Å². The molecular weight excluding hydrogens is 338 g/mol. The Bertz CT molecular complexity index is 880. The van der Waals surface area contributed by atoms with E-state index in [1.54, 1.807) is 29.5 Å². The molecule has 2 saturated heterocycles. The van der Waals surface area contributed by atoms with Gasteiger partial charge in [0.1, 0.15) is 6.33 Å². The first-order chi connectivity index (χ1) is 13.2. The smallest absolute Gasteiger partial charge is 0.234 e. The van der Waals surface area contributed by atoms with Crippen LogP contribution < -0.4 is 0 Å². The van der Waals surface area contributed by atoms with E-state index in [4.69, 9.17) is 0 Å². The Hall–Kier alpha value is -2.57. The van der Waals surface area contributed by atoms with Crippen LogP contribution >= 0.6 is 0 Å². The van der Waals surface area contributed by atoms with Crippen LogP contribution in [0, 0.1) is 0 Å². The lowest BCUT2D eigenvalue weighted by atomic mass is 9.81. The first kappa shape index (κ1) is 16.6. The van der Waals surface area contributed by atoms with Crippen molar-refractivity contribution in [2.45, 2.75) is 49.9 Å². The van der Waals surface area contributed by atoms with Crippen LogP contribution in [0.2, 0.25) is 0 Å². The summed E-state index contributed by atoms with van der Waals surface area (Å²) >= 11 is 0. The molecule has 0 spiro atoms. The molecule has 138 valence electrons. The van der Waals surface area contributed by atoms with Gasteiger partial charge >= 0.3 is 0 Å². The lowest BCUT2D eigenvalue weighted by Gasteiger charge is -2.44. The van der Waals surface area contributed by atoms with Gasteiger partial charge in [-0.1, -0.05) is 30.3 Å². The van der Waals surface area contributed by atoms with Crippen molar-refractivity contribution in [3.05, 3.63) is 72.6 Å². The quantitative estimate of drug-likeness (QED) is 0.774. The molecule has 27 heavy (non-hydrogen) atoms. The summed E-state index contributed by atoms with van der Waals surface area (Å²) in [4.78, 5) is 15.5. The van der Waals surface area contributed by atoms with Crippen molar-refractivity contribution in [1.82, 2.24) is 24.4 Å². The van der Waals surface area contributed by atoms with E-state index < -0.39 is 5.60 Å². The van der Waals surface area contributed by atoms with E-state index in [9.17, 15) is 5.11 Å². The number of hydrogen-bond acceptors (Lipinski definition) is 5. The second kappa shape index (κ2) is 6.55. The molecule has 2 fully saturated rings. The average molecular weight is 361 g/mol. The lowest BCUT2D eigenvalue weighted by molar-refractivity contribution is -0.0599. The molecule has 2 unspecified atom stereocenters. The maximum absolute atomic E-state index is 11.4. The van der Waals surface area contributed by atoms with Crippen LogP contribution in [-0.2, 0) is 12.1 Å². The SMILES string of the molecule is OC1(c2cnc(-n3ccnc3)nc2)CC2CCC(C1)N2Cc1ccccc1. The van der Waals surface area contributed by atoms with Gasteiger partial charge in [-0.05, 0) is 31.2 Å². The molecule has 4 heterocycles. The third-order valence-electron chi connectivity index (χ3n) is 6.04. The van der Waals surface area contributed by atoms with E-state index in [1.807, 2.05) is 6.20 Å². The van der Waals surface area contributed by atoms with Gasteiger partial charge in [0, 0.05) is 49.0 Å². The minimum atomic E-state index is -0.841. The highest BCUT2D eigenvalue weighted by Crippen LogP contribution is 2.46. The van der Waals surface area contributed by atoms with Crippen molar-refractivity contribution < 1.29 is 5.11 Å². The Kier molecular flexibility index (Phi) is 4.02. The number of fused-ring (bicyclic) bond motifs is 2. The number of nitrogens with zero attached hydrogens (tertiary/aromatic N) is 5. The highest BCUT2D eigenvalue weighted by molar-refractivity contribution is 5.23. The predicted molar refractivity (Wildman–Crippen MR) is 101 cm³/mol. The van der Waals surface area contributed by atoms with Gasteiger partial charge in [-0.25, -0.2) is 15.0 Å². The zero-order valence-electron chi connectivity index (χ0n) is 15.1. The van der Waals surface area contributed by atoms with E-state index in [2.05, 4.69) is 50.2 Å². The van der Waals surface area contributed by atoms with Crippen molar-refractivity contribution in [2.24, 2.45) is 0 Å². The molecule has 2 atom stereocenters. The number of aliphatic hydroxyl groups is 1. The van der Waals surface area contributed by atoms with Gasteiger partial charge in [0.25, 0.3) is 0 Å². The molecule has 0 aliphatic carbocycles. The van der Waals surface area contributed by atoms with Crippen molar-refractivity contribution >= 4 is 0 Å². The summed E-state index contributed by atoms with van der Waals surface area (Å²) in [6.07, 6.45) is 12.5. The van der Waals surface area contributed by atoms with Gasteiger partial charge in [-0.15, -0.1) is 0 Å². The Balaban J connectivity index is 1.35. The standard InChI is InChI=1S/C21H23N5O/c27-21(17-12-23-20(24-13-17)25-9-8-22-15-25)10-18-6-7-19(11-21)26(18)14-16-4-2-1-3-5-16/h1-5,8-9,12-13,15,18-19,27H,6-7,10-11,14H2. The molecule has 0 saturated carbocycles. The van der Waals surface area contributed by atoms with Crippen LogP contribution in [0.4, 0.5) is 0 Å². The number of benzene rings is 1. The minimum Gasteiger partial charge on any atom is -0.385 e. The second-order valence-electron chi connectivity index (χ2n) is 7.72. The van der Waals surface area contributed by atoms with Crippen LogP contribution in [-0.4, -0.2) is 41.6 Å². The molecule has 2 aliphatic rings. The Morgan fingerprint density at radius 1 is 1.04 bits per heavy atom. The summed E-state index contributed by atoms with van der Waals surface area (Å²) in [6.45, 7) is 0.961. The molecule has 0 amide bonds. The monoisotopic (exact) mass is 361 g/mol. The van der Waals surface area contributed by atoms with E-state index in [-0.39, 0.29) is 0 Å². The molecule has 6 nitrogen and oxygen atoms in total. The number of rotatable bonds is 4. The zero-order valence-corrected chi connectivity index (χ0v) is 15.1. The van der Waals surface area contributed by atoms with E-state index in [1.165, 1.54) is 5.56 Å². The topological polar surface area (TPSA) is 67.1 Å². The molecule has 2 aromatic heterocycles. The number of aromatic nitrogens is 4. The highest BCUT2D eigenvalue weighted by atomic mass is 16.3. The van der Waals surface area contributed by atoms with Crippen molar-refractivity contribution in [3.8, 4) is 5.95 Å². The third-order valence-corrected chi connectivity index (χ3v) is 6.04. The molecule has 2 aliphatic heterocycles. The Morgan fingerprint density at radius 2 is 1.74 bits per heavy atom. The Labute approximate surface area is 158 Å². The lowest BCUT2D eigenvalue weighted by Crippen LogP contribution is -2.49. The molecule has 5 rings (SSSR count). The van der Waals surface area contributed by atoms with Crippen LogP contribution in [0.1, 0.15) is 36.8 Å². The molecule has 2 bridgehead atoms. The van der Waals surface area contributed by atoms with Gasteiger partial charge in [0.05, 0.1) is 5.60 Å². The number of hydrogen-bond donors (Lipinski definition) is 1. The van der Waals surface area contributed by atoms with Crippen molar-refractivity contribution in [2.75, 3.05) is 0 Å². The first-order valence-corrected chi connectivity index (χ1v) is 9.54. The fourth-order valence-electron chi connectivity index (χ4n) is 4.68. The van der Waals surface area contributed by atoms with Crippen LogP contribution in [0.15, 0.2) is 61.4 Å². The first-order valence-electron chi connectivity index (χ1n) is 9.54. The van der Waals surface area contributed by atoms with Gasteiger partial charge in [-0.2, -0.15) is 0 Å². The molecule has 6 heteroatoms. The summed E-state index contributed by atoms with van der Waals surface area (Å²) in [7, 11) is 0. The molecule has 1 N–H and O–H groups in total. The summed E-state index contributed by atoms with van der Waals surface area (Å²) in [6, 6.07) is 11.4. The summed E-state index contributed by atoms with van der Waals surface area (Å²) < 4.78 is 1.76. The van der Waals surface area contributed by atoms with Crippen molar-refractivity contribution in [3.63, 3.8) is 0 Å². The van der Waals surface area contributed by atoms with Gasteiger partial charge in [0.15, 0.2) is 0 Å². The van der Waals surface area contributed by atoms with E-state index in [0.717, 1.165) is 37.8 Å². The maximum Gasteiger partial charge on any atom is 0.234 e. The summed E-state index contributed by atoms with van der Waals surface area (Å²) in [5.41, 5.74) is 1.32. The average Bonchev–Trinajstić information content (AvgIpc) is 3.31. The van der Waals surface area contributed by atoms with Crippen LogP contribution in [0.3, 0.4) is 0 Å². The third kappa shape index (κ3) is 3.05. The van der Waals surface area contributed by atoms with E-state index in [0.29, 0.717) is 18.0 Å². The fourth-order valence-corrected chi connectivity index (χ4v) is 4.68. The second-order valence-corrected chi connectivity index (χ2v) is 7.72. The number of piperidine rings is 1. The fraction of sp³-hybridized carbons (Fsp3) is 0.381. The van der Waals surface area contributed by atoms with Crippen LogP contribution in [0.5, 0.6) is 0 Å². The Morgan fingerprint density at radius 3 is 2.37 bits per heavy atom. The van der Waals surface area contributed by atoms with Gasteiger partial charge in [-0.3, -0.25) is 9.47 Å². The summed E-state index contributed by atoms with van der Waals surface area (Å²) in [5, 5.41) is 11.4. The normalized spacial score (nSPS) is 27.7. The summed E-state index contributed by atoms with van der Waals surface area (Å²) in [5.74, 6) is 0.573. The molecule has 0 radical (unpaired) electrons. The minimum absolute atomic E-state index is 0.405. The predicted octanol–water partition coefficient (Wildman–Crippen LogP) is 2.68. The zero-order chi connectivity index (χ0) is 18.3. The molecular formula is C21H23N5O. The van der Waals surface area contributed by atoms with Gasteiger partial charge < -0.3 is 5.11 Å². The van der Waals surface area contributed by atoms with E-state index >= 15 is 0 Å². The highest BCUT2D eigenvalue weighted by Gasteiger charge is 2.48. The maximum atomic E-state index is 11.4. The molecule has 3 aromatic rings. The number of imidazole rings is 1. The molecule has 1 aromatic carbocycles. The van der Waals surface area contributed by atoms with Crippen LogP contribution in [0.25, 0.3) is 5.95 Å². The van der Waals surface area contributed by atoms with Gasteiger partial charge in [0.2, 0.25) is 5.95 Å².